The van der Waals surface area contributed by atoms with Crippen LogP contribution in [0.3, 0.4) is 0 Å². The molecule has 3 amide bonds. The third-order valence-corrected chi connectivity index (χ3v) is 18.5. The van der Waals surface area contributed by atoms with Crippen LogP contribution in [0.1, 0.15) is 96.4 Å². The Morgan fingerprint density at radius 1 is 1.03 bits per heavy atom. The Labute approximate surface area is 459 Å². The molecule has 9 heterocycles. The van der Waals surface area contributed by atoms with E-state index < -0.39 is 35.3 Å². The Morgan fingerprint density at radius 3 is 2.55 bits per heavy atom. The van der Waals surface area contributed by atoms with E-state index in [4.69, 9.17) is 36.8 Å². The van der Waals surface area contributed by atoms with Crippen LogP contribution >= 0.6 is 34.3 Å². The number of halogens is 2. The van der Waals surface area contributed by atoms with E-state index in [0.717, 1.165) is 71.5 Å². The molecule has 5 saturated heterocycles. The highest BCUT2D eigenvalue weighted by molar-refractivity contribution is 7.17. The van der Waals surface area contributed by atoms with Gasteiger partial charge in [0.15, 0.2) is 5.82 Å². The number of aliphatic hydroxyl groups is 1. The number of nitrogens with two attached hydrogens (primary N) is 1. The van der Waals surface area contributed by atoms with Crippen LogP contribution in [0.2, 0.25) is 5.02 Å². The number of aromatic nitrogens is 5. The lowest BCUT2D eigenvalue weighted by molar-refractivity contribution is -0.144. The second-order valence-corrected chi connectivity index (χ2v) is 24.8. The van der Waals surface area contributed by atoms with Crippen LogP contribution in [-0.2, 0) is 19.1 Å². The molecule has 4 aromatic heterocycles. The molecule has 0 radical (unpaired) electrons. The van der Waals surface area contributed by atoms with Crippen LogP contribution in [0, 0.1) is 18.2 Å². The van der Waals surface area contributed by atoms with E-state index in [1.54, 1.807) is 23.6 Å². The van der Waals surface area contributed by atoms with Crippen LogP contribution in [-0.4, -0.2) is 145 Å². The molecule has 5 aliphatic heterocycles. The SMILES string of the molecule is Cc1ncsc1-c1ccc([C@H](C)NC(=O)[C@@H]2C[C@@H](O)CN2C(=O)[C@@H](NC(=O)CCOC[C@H]2CCC3(COc4nc(N5CC6CCC(C5)N6)c5cc(Cl)c(-c6csc7cnc(N)nc67)c(F)c5n4)CCCN23)C(C)(C)C)cc1. The maximum atomic E-state index is 17.2. The first kappa shape index (κ1) is 53.3. The third kappa shape index (κ3) is 10.7. The molecule has 2 aromatic carbocycles. The number of aliphatic hydroxyl groups excluding tert-OH is 1. The first-order valence-electron chi connectivity index (χ1n) is 26.7. The molecular formula is C55H66ClFN12O6S2. The number of anilines is 2. The van der Waals surface area contributed by atoms with Gasteiger partial charge in [0.25, 0.3) is 0 Å². The number of aryl methyl sites for hydroxylation is 1. The second-order valence-electron chi connectivity index (χ2n) is 22.6. The molecule has 5 fully saturated rings. The number of nitrogen functional groups attached to an aromatic ring is 1. The van der Waals surface area contributed by atoms with E-state index in [9.17, 15) is 19.5 Å². The molecule has 408 valence electrons. The van der Waals surface area contributed by atoms with Gasteiger partial charge in [-0.3, -0.25) is 19.3 Å². The molecule has 22 heteroatoms. The minimum Gasteiger partial charge on any atom is -0.461 e. The lowest BCUT2D eigenvalue weighted by Gasteiger charge is -2.36. The highest BCUT2D eigenvalue weighted by Gasteiger charge is 2.50. The number of thiophene rings is 1. The highest BCUT2D eigenvalue weighted by atomic mass is 35.5. The maximum Gasteiger partial charge on any atom is 0.319 e. The van der Waals surface area contributed by atoms with Gasteiger partial charge in [-0.25, -0.2) is 19.3 Å². The molecule has 6 aromatic rings. The summed E-state index contributed by atoms with van der Waals surface area (Å²) in [4.78, 5) is 71.6. The fraction of sp³-hybridized carbons (Fsp3) is 0.527. The Balaban J connectivity index is 0.718. The van der Waals surface area contributed by atoms with Crippen molar-refractivity contribution < 1.29 is 33.4 Å². The largest absolute Gasteiger partial charge is 0.461 e. The first-order valence-corrected chi connectivity index (χ1v) is 28.8. The predicted octanol–water partition coefficient (Wildman–Crippen LogP) is 7.20. The van der Waals surface area contributed by atoms with Crippen molar-refractivity contribution in [3.63, 3.8) is 0 Å². The molecule has 8 atom stereocenters. The number of nitrogens with one attached hydrogen (secondary N) is 3. The van der Waals surface area contributed by atoms with Crippen LogP contribution in [0.4, 0.5) is 16.2 Å². The van der Waals surface area contributed by atoms with E-state index >= 15 is 4.39 Å². The zero-order valence-corrected chi connectivity index (χ0v) is 46.4. The van der Waals surface area contributed by atoms with Gasteiger partial charge < -0.3 is 46.1 Å². The monoisotopic (exact) mass is 1110 g/mol. The topological polar surface area (TPSA) is 226 Å². The first-order chi connectivity index (χ1) is 36.9. The second kappa shape index (κ2) is 21.5. The summed E-state index contributed by atoms with van der Waals surface area (Å²) < 4.78 is 30.8. The van der Waals surface area contributed by atoms with Crippen molar-refractivity contribution in [2.24, 2.45) is 5.41 Å². The predicted molar refractivity (Wildman–Crippen MR) is 296 cm³/mol. The lowest BCUT2D eigenvalue weighted by atomic mass is 9.85. The van der Waals surface area contributed by atoms with E-state index in [1.807, 2.05) is 69.8 Å². The molecule has 77 heavy (non-hydrogen) atoms. The zero-order valence-electron chi connectivity index (χ0n) is 44.0. The van der Waals surface area contributed by atoms with Crippen LogP contribution in [0.25, 0.3) is 42.7 Å². The fourth-order valence-corrected chi connectivity index (χ4v) is 14.3. The number of amides is 3. The molecule has 18 nitrogen and oxygen atoms in total. The van der Waals surface area contributed by atoms with Gasteiger partial charge in [0.05, 0.1) is 68.4 Å². The Kier molecular flexibility index (Phi) is 14.9. The number of carbonyl (C=O) groups is 3. The molecule has 2 bridgehead atoms. The van der Waals surface area contributed by atoms with Crippen molar-refractivity contribution >= 4 is 84.9 Å². The number of nitrogens with zero attached hydrogens (tertiary/aromatic N) is 8. The summed E-state index contributed by atoms with van der Waals surface area (Å²) in [6.45, 7) is 12.6. The number of hydrogen-bond acceptors (Lipinski definition) is 17. The van der Waals surface area contributed by atoms with Crippen molar-refractivity contribution in [2.75, 3.05) is 56.6 Å². The minimum absolute atomic E-state index is 0.0205. The molecule has 3 unspecified atom stereocenters. The van der Waals surface area contributed by atoms with Crippen LogP contribution < -0.4 is 31.3 Å². The number of piperazine rings is 1. The van der Waals surface area contributed by atoms with E-state index in [2.05, 4.69) is 40.7 Å². The number of carbonyl (C=O) groups excluding carboxylic acids is 3. The Hall–Kier alpha value is -5.68. The summed E-state index contributed by atoms with van der Waals surface area (Å²) >= 11 is 9.93. The normalized spacial score (nSPS) is 24.2. The fourth-order valence-electron chi connectivity index (χ4n) is 12.3. The quantitative estimate of drug-likeness (QED) is 0.0604. The van der Waals surface area contributed by atoms with Gasteiger partial charge in [0.1, 0.15) is 30.0 Å². The number of thiazole rings is 1. The van der Waals surface area contributed by atoms with Crippen LogP contribution in [0.15, 0.2) is 47.4 Å². The van der Waals surface area contributed by atoms with Gasteiger partial charge in [-0.15, -0.1) is 22.7 Å². The highest BCUT2D eigenvalue weighted by Crippen LogP contribution is 2.45. The van der Waals surface area contributed by atoms with Crippen molar-refractivity contribution in [3.8, 4) is 27.6 Å². The minimum atomic E-state index is -0.960. The molecule has 0 saturated carbocycles. The zero-order chi connectivity index (χ0) is 53.9. The smallest absolute Gasteiger partial charge is 0.319 e. The van der Waals surface area contributed by atoms with Gasteiger partial charge in [-0.05, 0) is 81.5 Å². The summed E-state index contributed by atoms with van der Waals surface area (Å²) in [5, 5.41) is 23.0. The van der Waals surface area contributed by atoms with Crippen molar-refractivity contribution in [3.05, 3.63) is 69.5 Å². The van der Waals surface area contributed by atoms with E-state index in [-0.39, 0.29) is 83.5 Å². The number of benzene rings is 2. The van der Waals surface area contributed by atoms with E-state index in [1.165, 1.54) is 16.2 Å². The summed E-state index contributed by atoms with van der Waals surface area (Å²) in [5.41, 5.74) is 11.0. The molecule has 5 aliphatic rings. The standard InChI is InChI=1S/C55H66ClFN12O6S2/c1-29(31-7-9-32(10-8-31)47-30(2)60-28-77-47)61-50(72)40-19-36(70)24-68(40)51(73)48(54(3,4)5)63-42(71)14-18-74-25-35-13-16-55(15-6-17-69(35)55)27-75-53-65-46-37(49(66-53)67-22-33-11-12-34(23-67)62-33)20-39(56)43(44(46)57)38-26-76-41-21-59-52(58)64-45(38)41/h7-10,20-21,26,28-29,33-36,40,48,62,70H,6,11-19,22-25,27H2,1-5H3,(H,61,72)(H,63,71)(H2,58,59,64)/t29-,33?,34?,35+,36+,40-,48+,55?/m0/s1. The molecule has 0 spiro atoms. The molecule has 11 rings (SSSR count). The van der Waals surface area contributed by atoms with Crippen molar-refractivity contribution in [1.82, 2.24) is 50.7 Å². The van der Waals surface area contributed by atoms with Gasteiger partial charge >= 0.3 is 6.01 Å². The molecule has 0 aliphatic carbocycles. The number of ether oxygens (including phenoxy) is 2. The van der Waals surface area contributed by atoms with Gasteiger partial charge in [-0.2, -0.15) is 9.97 Å². The summed E-state index contributed by atoms with van der Waals surface area (Å²) in [5.74, 6) is -1.06. The van der Waals surface area contributed by atoms with E-state index in [0.29, 0.717) is 60.7 Å². The Morgan fingerprint density at radius 2 is 1.81 bits per heavy atom. The van der Waals surface area contributed by atoms with Gasteiger partial charge in [-0.1, -0.05) is 56.6 Å². The Bertz CT molecular complexity index is 3200. The van der Waals surface area contributed by atoms with Crippen molar-refractivity contribution in [1.29, 1.82) is 0 Å². The summed E-state index contributed by atoms with van der Waals surface area (Å²) in [7, 11) is 0. The number of hydrogen-bond donors (Lipinski definition) is 5. The molecule has 6 N–H and O–H groups in total. The third-order valence-electron chi connectivity index (χ3n) is 16.3. The maximum absolute atomic E-state index is 17.2. The van der Waals surface area contributed by atoms with Crippen molar-refractivity contribution in [2.45, 2.75) is 134 Å². The average Bonchev–Trinajstić information content (AvgIpc) is 4.34. The summed E-state index contributed by atoms with van der Waals surface area (Å²) in [6.07, 6.45) is 6.54. The molecular weight excluding hydrogens is 1040 g/mol. The number of rotatable bonds is 16. The lowest BCUT2D eigenvalue weighted by Crippen LogP contribution is -2.58. The number of likely N-dealkylation sites (tertiary alicyclic amines) is 1. The number of fused-ring (bicyclic) bond motifs is 5. The van der Waals surface area contributed by atoms with Gasteiger partial charge in [0, 0.05) is 72.5 Å². The summed E-state index contributed by atoms with van der Waals surface area (Å²) in [6, 6.07) is 8.25. The van der Waals surface area contributed by atoms with Gasteiger partial charge in [0.2, 0.25) is 23.7 Å². The number of β-amino-alcohol motifs (C(OH)–C–C–N with tert-alkyl or cyclic N) is 1. The average molecular weight is 1110 g/mol. The van der Waals surface area contributed by atoms with Crippen LogP contribution in [0.5, 0.6) is 6.01 Å².